The predicted molar refractivity (Wildman–Crippen MR) is 95.0 cm³/mol. The maximum Gasteiger partial charge on any atom is 0.228 e. The molecule has 2 saturated heterocycles. The Balaban J connectivity index is 1.75. The van der Waals surface area contributed by atoms with E-state index in [1.165, 1.54) is 0 Å². The number of carbonyl (C=O) groups is 2. The summed E-state index contributed by atoms with van der Waals surface area (Å²) in [5.74, 6) is 1.71. The van der Waals surface area contributed by atoms with Crippen LogP contribution in [0.2, 0.25) is 0 Å². The lowest BCUT2D eigenvalue weighted by molar-refractivity contribution is -0.137. The number of anilines is 1. The molecule has 1 aromatic carbocycles. The summed E-state index contributed by atoms with van der Waals surface area (Å²) in [4.78, 5) is 28.9. The van der Waals surface area contributed by atoms with Gasteiger partial charge in [-0.15, -0.1) is 0 Å². The second kappa shape index (κ2) is 7.33. The standard InChI is InChI=1S/C19H26N2O4/c1-13-6-8-20(9-7-13)19(23)14-10-18(22)21(12-14)16-11-15(24-2)4-5-17(16)25-3/h4-5,11,13-14H,6-10,12H2,1-3H3. The first-order chi connectivity index (χ1) is 12.0. The Morgan fingerprint density at radius 1 is 1.16 bits per heavy atom. The van der Waals surface area contributed by atoms with Gasteiger partial charge in [-0.25, -0.2) is 0 Å². The summed E-state index contributed by atoms with van der Waals surface area (Å²) in [6, 6.07) is 5.36. The van der Waals surface area contributed by atoms with E-state index in [0.717, 1.165) is 25.9 Å². The zero-order valence-corrected chi connectivity index (χ0v) is 15.2. The van der Waals surface area contributed by atoms with Gasteiger partial charge in [0.1, 0.15) is 11.5 Å². The fourth-order valence-electron chi connectivity index (χ4n) is 3.60. The highest BCUT2D eigenvalue weighted by molar-refractivity contribution is 6.01. The van der Waals surface area contributed by atoms with Crippen molar-refractivity contribution >= 4 is 17.5 Å². The van der Waals surface area contributed by atoms with Gasteiger partial charge in [-0.1, -0.05) is 6.92 Å². The fraction of sp³-hybridized carbons (Fsp3) is 0.579. The number of ether oxygens (including phenoxy) is 2. The molecule has 1 aromatic rings. The average molecular weight is 346 g/mol. The molecule has 0 aliphatic carbocycles. The molecule has 2 heterocycles. The SMILES string of the molecule is COc1ccc(OC)c(N2CC(C(=O)N3CCC(C)CC3)CC2=O)c1. The van der Waals surface area contributed by atoms with Crippen molar-refractivity contribution in [2.75, 3.05) is 38.8 Å². The topological polar surface area (TPSA) is 59.1 Å². The summed E-state index contributed by atoms with van der Waals surface area (Å²) in [7, 11) is 3.16. The molecule has 0 bridgehead atoms. The lowest BCUT2D eigenvalue weighted by atomic mass is 9.97. The van der Waals surface area contributed by atoms with E-state index >= 15 is 0 Å². The summed E-state index contributed by atoms with van der Waals surface area (Å²) in [5, 5.41) is 0. The van der Waals surface area contributed by atoms with Gasteiger partial charge in [-0.3, -0.25) is 9.59 Å². The minimum Gasteiger partial charge on any atom is -0.497 e. The second-order valence-corrected chi connectivity index (χ2v) is 6.95. The first-order valence-electron chi connectivity index (χ1n) is 8.84. The van der Waals surface area contributed by atoms with Crippen LogP contribution in [-0.4, -0.2) is 50.6 Å². The molecular formula is C19H26N2O4. The summed E-state index contributed by atoms with van der Waals surface area (Å²) >= 11 is 0. The summed E-state index contributed by atoms with van der Waals surface area (Å²) in [6.07, 6.45) is 2.34. The number of hydrogen-bond acceptors (Lipinski definition) is 4. The number of amides is 2. The Bertz CT molecular complexity index is 653. The van der Waals surface area contributed by atoms with Gasteiger partial charge < -0.3 is 19.3 Å². The van der Waals surface area contributed by atoms with Crippen LogP contribution in [0.3, 0.4) is 0 Å². The van der Waals surface area contributed by atoms with Gasteiger partial charge in [0, 0.05) is 32.1 Å². The van der Waals surface area contributed by atoms with Crippen LogP contribution in [0.1, 0.15) is 26.2 Å². The van der Waals surface area contributed by atoms with Crippen LogP contribution in [0.15, 0.2) is 18.2 Å². The number of hydrogen-bond donors (Lipinski definition) is 0. The normalized spacial score (nSPS) is 21.6. The molecule has 25 heavy (non-hydrogen) atoms. The molecule has 0 saturated carbocycles. The van der Waals surface area contributed by atoms with E-state index in [1.54, 1.807) is 37.3 Å². The van der Waals surface area contributed by atoms with Crippen LogP contribution < -0.4 is 14.4 Å². The van der Waals surface area contributed by atoms with Crippen molar-refractivity contribution in [3.63, 3.8) is 0 Å². The number of likely N-dealkylation sites (tertiary alicyclic amines) is 1. The quantitative estimate of drug-likeness (QED) is 0.839. The highest BCUT2D eigenvalue weighted by Gasteiger charge is 2.38. The third kappa shape index (κ3) is 3.57. The van der Waals surface area contributed by atoms with E-state index in [0.29, 0.717) is 29.6 Å². The van der Waals surface area contributed by atoms with Gasteiger partial charge in [0.2, 0.25) is 11.8 Å². The van der Waals surface area contributed by atoms with Gasteiger partial charge in [-0.05, 0) is 30.9 Å². The van der Waals surface area contributed by atoms with Crippen molar-refractivity contribution < 1.29 is 19.1 Å². The number of carbonyl (C=O) groups excluding carboxylic acids is 2. The number of rotatable bonds is 4. The van der Waals surface area contributed by atoms with Crippen molar-refractivity contribution in [3.05, 3.63) is 18.2 Å². The highest BCUT2D eigenvalue weighted by Crippen LogP contribution is 2.36. The number of methoxy groups -OCH3 is 2. The monoisotopic (exact) mass is 346 g/mol. The van der Waals surface area contributed by atoms with Gasteiger partial charge in [0.15, 0.2) is 0 Å². The molecule has 0 aromatic heterocycles. The summed E-state index contributed by atoms with van der Waals surface area (Å²) in [6.45, 7) is 4.21. The molecule has 2 aliphatic heterocycles. The zero-order chi connectivity index (χ0) is 18.0. The third-order valence-electron chi connectivity index (χ3n) is 5.25. The Morgan fingerprint density at radius 2 is 1.88 bits per heavy atom. The molecule has 6 nitrogen and oxygen atoms in total. The number of piperidine rings is 1. The molecule has 6 heteroatoms. The second-order valence-electron chi connectivity index (χ2n) is 6.95. The van der Waals surface area contributed by atoms with Crippen LogP contribution in [0, 0.1) is 11.8 Å². The molecule has 136 valence electrons. The average Bonchev–Trinajstić information content (AvgIpc) is 3.02. The van der Waals surface area contributed by atoms with Crippen LogP contribution in [0.5, 0.6) is 11.5 Å². The molecule has 2 amide bonds. The molecular weight excluding hydrogens is 320 g/mol. The van der Waals surface area contributed by atoms with Crippen molar-refractivity contribution in [2.45, 2.75) is 26.2 Å². The first kappa shape index (κ1) is 17.6. The van der Waals surface area contributed by atoms with E-state index in [1.807, 2.05) is 4.90 Å². The van der Waals surface area contributed by atoms with Crippen LogP contribution in [0.4, 0.5) is 5.69 Å². The van der Waals surface area contributed by atoms with E-state index in [2.05, 4.69) is 6.92 Å². The van der Waals surface area contributed by atoms with Crippen molar-refractivity contribution in [3.8, 4) is 11.5 Å². The number of nitrogens with zero attached hydrogens (tertiary/aromatic N) is 2. The van der Waals surface area contributed by atoms with Gasteiger partial charge in [-0.2, -0.15) is 0 Å². The van der Waals surface area contributed by atoms with Crippen molar-refractivity contribution in [1.82, 2.24) is 4.90 Å². The molecule has 1 atom stereocenters. The summed E-state index contributed by atoms with van der Waals surface area (Å²) in [5.41, 5.74) is 0.661. The molecule has 2 aliphatic rings. The molecule has 0 N–H and O–H groups in total. The van der Waals surface area contributed by atoms with E-state index in [-0.39, 0.29) is 24.2 Å². The maximum absolute atomic E-state index is 12.8. The van der Waals surface area contributed by atoms with Crippen molar-refractivity contribution in [1.29, 1.82) is 0 Å². The first-order valence-corrected chi connectivity index (χ1v) is 8.84. The molecule has 0 radical (unpaired) electrons. The Hall–Kier alpha value is -2.24. The predicted octanol–water partition coefficient (Wildman–Crippen LogP) is 2.32. The highest BCUT2D eigenvalue weighted by atomic mass is 16.5. The third-order valence-corrected chi connectivity index (χ3v) is 5.25. The Labute approximate surface area is 148 Å². The van der Waals surface area contributed by atoms with E-state index in [4.69, 9.17) is 9.47 Å². The Kier molecular flexibility index (Phi) is 5.16. The molecule has 1 unspecified atom stereocenters. The molecule has 3 rings (SSSR count). The van der Waals surface area contributed by atoms with E-state index < -0.39 is 0 Å². The lowest BCUT2D eigenvalue weighted by Gasteiger charge is -2.32. The minimum atomic E-state index is -0.281. The summed E-state index contributed by atoms with van der Waals surface area (Å²) < 4.78 is 10.6. The van der Waals surface area contributed by atoms with E-state index in [9.17, 15) is 9.59 Å². The number of benzene rings is 1. The maximum atomic E-state index is 12.8. The van der Waals surface area contributed by atoms with Gasteiger partial charge >= 0.3 is 0 Å². The molecule has 2 fully saturated rings. The van der Waals surface area contributed by atoms with Gasteiger partial charge in [0.05, 0.1) is 25.8 Å². The molecule has 0 spiro atoms. The van der Waals surface area contributed by atoms with Crippen LogP contribution in [-0.2, 0) is 9.59 Å². The van der Waals surface area contributed by atoms with Gasteiger partial charge in [0.25, 0.3) is 0 Å². The fourth-order valence-corrected chi connectivity index (χ4v) is 3.60. The largest absolute Gasteiger partial charge is 0.497 e. The lowest BCUT2D eigenvalue weighted by Crippen LogP contribution is -2.42. The Morgan fingerprint density at radius 3 is 2.52 bits per heavy atom. The van der Waals surface area contributed by atoms with Crippen LogP contribution >= 0.6 is 0 Å². The minimum absolute atomic E-state index is 0.0460. The zero-order valence-electron chi connectivity index (χ0n) is 15.2. The van der Waals surface area contributed by atoms with Crippen LogP contribution in [0.25, 0.3) is 0 Å². The van der Waals surface area contributed by atoms with Crippen molar-refractivity contribution in [2.24, 2.45) is 11.8 Å². The smallest absolute Gasteiger partial charge is 0.228 e.